The summed E-state index contributed by atoms with van der Waals surface area (Å²) >= 11 is 0. The second kappa shape index (κ2) is 8.43. The second-order valence-electron chi connectivity index (χ2n) is 7.01. The van der Waals surface area contributed by atoms with E-state index in [1.165, 1.54) is 0 Å². The van der Waals surface area contributed by atoms with E-state index < -0.39 is 0 Å². The molecule has 7 nitrogen and oxygen atoms in total. The number of pyridine rings is 1. The highest BCUT2D eigenvalue weighted by Crippen LogP contribution is 2.33. The maximum Gasteiger partial charge on any atom is 0.227 e. The van der Waals surface area contributed by atoms with E-state index in [9.17, 15) is 4.79 Å². The number of hydrogen-bond acceptors (Lipinski definition) is 6. The molecule has 2 aromatic rings. The highest BCUT2D eigenvalue weighted by atomic mass is 16.5. The highest BCUT2D eigenvalue weighted by molar-refractivity contribution is 5.77. The first kappa shape index (κ1) is 19.2. The van der Waals surface area contributed by atoms with Crippen LogP contribution in [-0.2, 0) is 9.53 Å². The lowest BCUT2D eigenvalue weighted by Gasteiger charge is -2.25. The van der Waals surface area contributed by atoms with Gasteiger partial charge in [-0.05, 0) is 51.8 Å². The lowest BCUT2D eigenvalue weighted by Crippen LogP contribution is -2.31. The summed E-state index contributed by atoms with van der Waals surface area (Å²) < 4.78 is 5.05. The third kappa shape index (κ3) is 4.80. The molecule has 1 aliphatic heterocycles. The summed E-state index contributed by atoms with van der Waals surface area (Å²) in [5, 5.41) is 3.28. The first-order valence-electron chi connectivity index (χ1n) is 9.32. The van der Waals surface area contributed by atoms with E-state index in [4.69, 9.17) is 9.72 Å². The van der Waals surface area contributed by atoms with Gasteiger partial charge in [0.15, 0.2) is 0 Å². The van der Waals surface area contributed by atoms with E-state index in [-0.39, 0.29) is 11.9 Å². The third-order valence-corrected chi connectivity index (χ3v) is 4.65. The molecule has 1 aliphatic rings. The molecule has 0 spiro atoms. The van der Waals surface area contributed by atoms with Crippen LogP contribution < -0.4 is 5.32 Å². The van der Waals surface area contributed by atoms with Crippen molar-refractivity contribution >= 4 is 17.5 Å². The summed E-state index contributed by atoms with van der Waals surface area (Å²) in [6.45, 7) is 7.07. The standard InChI is InChI=1S/C20H27N5O2/c1-13-10-14(2)23-20(22-13)24-16-11-15(3)21-17(12-16)18-6-5-8-25(18)19(26)7-9-27-4/h10-12,18H,5-9H2,1-4H3,(H,21,22,23,24). The molecule has 1 fully saturated rings. The SMILES string of the molecule is COCCC(=O)N1CCCC1c1cc(Nc2nc(C)cc(C)n2)cc(C)n1. The van der Waals surface area contributed by atoms with E-state index >= 15 is 0 Å². The summed E-state index contributed by atoms with van der Waals surface area (Å²) in [4.78, 5) is 28.0. The molecule has 1 amide bonds. The van der Waals surface area contributed by atoms with Crippen LogP contribution in [0.5, 0.6) is 0 Å². The van der Waals surface area contributed by atoms with E-state index in [0.29, 0.717) is 19.0 Å². The molecule has 1 saturated heterocycles. The van der Waals surface area contributed by atoms with Gasteiger partial charge in [-0.3, -0.25) is 9.78 Å². The summed E-state index contributed by atoms with van der Waals surface area (Å²) in [5.41, 5.74) is 4.53. The zero-order valence-electron chi connectivity index (χ0n) is 16.5. The van der Waals surface area contributed by atoms with Crippen LogP contribution in [0.4, 0.5) is 11.6 Å². The number of carbonyl (C=O) groups excluding carboxylic acids is 1. The molecule has 0 bridgehead atoms. The minimum Gasteiger partial charge on any atom is -0.384 e. The van der Waals surface area contributed by atoms with Crippen LogP contribution in [0.3, 0.4) is 0 Å². The fraction of sp³-hybridized carbons (Fsp3) is 0.500. The molecule has 1 atom stereocenters. The molecule has 1 unspecified atom stereocenters. The van der Waals surface area contributed by atoms with Gasteiger partial charge in [0, 0.05) is 36.4 Å². The van der Waals surface area contributed by atoms with Gasteiger partial charge in [0.2, 0.25) is 11.9 Å². The normalized spacial score (nSPS) is 16.6. The van der Waals surface area contributed by atoms with Crippen LogP contribution >= 0.6 is 0 Å². The second-order valence-corrected chi connectivity index (χ2v) is 7.01. The van der Waals surface area contributed by atoms with Crippen LogP contribution in [0.2, 0.25) is 0 Å². The Morgan fingerprint density at radius 3 is 2.56 bits per heavy atom. The van der Waals surface area contributed by atoms with Gasteiger partial charge >= 0.3 is 0 Å². The molecule has 1 N–H and O–H groups in total. The number of aromatic nitrogens is 3. The molecule has 27 heavy (non-hydrogen) atoms. The quantitative estimate of drug-likeness (QED) is 0.842. The monoisotopic (exact) mass is 369 g/mol. The van der Waals surface area contributed by atoms with Crippen LogP contribution in [-0.4, -0.2) is 46.0 Å². The van der Waals surface area contributed by atoms with Gasteiger partial charge in [-0.1, -0.05) is 0 Å². The Morgan fingerprint density at radius 2 is 1.85 bits per heavy atom. The van der Waals surface area contributed by atoms with Crippen molar-refractivity contribution in [1.29, 1.82) is 0 Å². The van der Waals surface area contributed by atoms with E-state index in [1.54, 1.807) is 7.11 Å². The maximum absolute atomic E-state index is 12.5. The van der Waals surface area contributed by atoms with Gasteiger partial charge in [0.1, 0.15) is 0 Å². The minimum absolute atomic E-state index is 0.00923. The van der Waals surface area contributed by atoms with E-state index in [0.717, 1.165) is 47.8 Å². The Morgan fingerprint density at radius 1 is 1.15 bits per heavy atom. The van der Waals surface area contributed by atoms with Crippen molar-refractivity contribution in [2.75, 3.05) is 25.6 Å². The Hall–Kier alpha value is -2.54. The molecular weight excluding hydrogens is 342 g/mol. The Kier molecular flexibility index (Phi) is 6.01. The lowest BCUT2D eigenvalue weighted by molar-refractivity contribution is -0.133. The average Bonchev–Trinajstić information content (AvgIpc) is 3.08. The molecule has 3 rings (SSSR count). The zero-order valence-corrected chi connectivity index (χ0v) is 16.5. The summed E-state index contributed by atoms with van der Waals surface area (Å²) in [7, 11) is 1.61. The summed E-state index contributed by atoms with van der Waals surface area (Å²) in [5.74, 6) is 0.693. The van der Waals surface area contributed by atoms with Crippen molar-refractivity contribution < 1.29 is 9.53 Å². The summed E-state index contributed by atoms with van der Waals surface area (Å²) in [6, 6.07) is 5.92. The number of hydrogen-bond donors (Lipinski definition) is 1. The third-order valence-electron chi connectivity index (χ3n) is 4.65. The fourth-order valence-corrected chi connectivity index (χ4v) is 3.55. The number of nitrogens with one attached hydrogen (secondary N) is 1. The van der Waals surface area contributed by atoms with Crippen molar-refractivity contribution in [3.05, 3.63) is 41.0 Å². The number of methoxy groups -OCH3 is 1. The number of likely N-dealkylation sites (tertiary alicyclic amines) is 1. The largest absolute Gasteiger partial charge is 0.384 e. The van der Waals surface area contributed by atoms with Crippen LogP contribution in [0.15, 0.2) is 18.2 Å². The number of carbonyl (C=O) groups is 1. The minimum atomic E-state index is 0.00923. The smallest absolute Gasteiger partial charge is 0.227 e. The van der Waals surface area contributed by atoms with Gasteiger partial charge < -0.3 is 15.0 Å². The molecule has 0 saturated carbocycles. The molecule has 0 aliphatic carbocycles. The zero-order chi connectivity index (χ0) is 19.4. The van der Waals surface area contributed by atoms with Gasteiger partial charge in [-0.25, -0.2) is 9.97 Å². The molecule has 0 aromatic carbocycles. The fourth-order valence-electron chi connectivity index (χ4n) is 3.55. The molecular formula is C20H27N5O2. The number of nitrogens with zero attached hydrogens (tertiary/aromatic N) is 4. The molecule has 3 heterocycles. The number of anilines is 2. The van der Waals surface area contributed by atoms with E-state index in [2.05, 4.69) is 15.3 Å². The maximum atomic E-state index is 12.5. The molecule has 0 radical (unpaired) electrons. The Balaban J connectivity index is 1.83. The number of aryl methyl sites for hydroxylation is 3. The van der Waals surface area contributed by atoms with Crippen LogP contribution in [0, 0.1) is 20.8 Å². The topological polar surface area (TPSA) is 80.2 Å². The number of rotatable bonds is 6. The Bertz CT molecular complexity index is 804. The van der Waals surface area contributed by atoms with Crippen molar-refractivity contribution in [2.45, 2.75) is 46.1 Å². The van der Waals surface area contributed by atoms with Crippen LogP contribution in [0.25, 0.3) is 0 Å². The number of amides is 1. The first-order chi connectivity index (χ1) is 13.0. The van der Waals surface area contributed by atoms with Crippen molar-refractivity contribution in [3.8, 4) is 0 Å². The number of ether oxygens (including phenoxy) is 1. The molecule has 7 heteroatoms. The van der Waals surface area contributed by atoms with Gasteiger partial charge in [0.25, 0.3) is 0 Å². The molecule has 2 aromatic heterocycles. The van der Waals surface area contributed by atoms with Gasteiger partial charge in [-0.15, -0.1) is 0 Å². The Labute approximate surface area is 160 Å². The predicted octanol–water partition coefficient (Wildman–Crippen LogP) is 3.24. The van der Waals surface area contributed by atoms with Crippen molar-refractivity contribution in [1.82, 2.24) is 19.9 Å². The van der Waals surface area contributed by atoms with Crippen molar-refractivity contribution in [3.63, 3.8) is 0 Å². The average molecular weight is 369 g/mol. The summed E-state index contributed by atoms with van der Waals surface area (Å²) in [6.07, 6.45) is 2.32. The highest BCUT2D eigenvalue weighted by Gasteiger charge is 2.30. The lowest BCUT2D eigenvalue weighted by atomic mass is 10.1. The molecule has 144 valence electrons. The van der Waals surface area contributed by atoms with E-state index in [1.807, 2.05) is 43.9 Å². The van der Waals surface area contributed by atoms with Gasteiger partial charge in [-0.2, -0.15) is 0 Å². The first-order valence-corrected chi connectivity index (χ1v) is 9.32. The van der Waals surface area contributed by atoms with Gasteiger partial charge in [0.05, 0.1) is 24.8 Å². The van der Waals surface area contributed by atoms with Crippen molar-refractivity contribution in [2.24, 2.45) is 0 Å². The predicted molar refractivity (Wildman–Crippen MR) is 104 cm³/mol. The van der Waals surface area contributed by atoms with Crippen LogP contribution in [0.1, 0.15) is 48.1 Å².